The SMILES string of the molecule is CC(CCN)CCC(=O)NCC1CCCS1. The summed E-state index contributed by atoms with van der Waals surface area (Å²) >= 11 is 1.99. The Kier molecular flexibility index (Phi) is 6.88. The Bertz CT molecular complexity index is 205. The van der Waals surface area contributed by atoms with Gasteiger partial charge in [-0.3, -0.25) is 4.79 Å². The largest absolute Gasteiger partial charge is 0.355 e. The fourth-order valence-corrected chi connectivity index (χ4v) is 3.13. The minimum atomic E-state index is 0.205. The molecule has 0 saturated carbocycles. The summed E-state index contributed by atoms with van der Waals surface area (Å²) in [6, 6.07) is 0. The minimum Gasteiger partial charge on any atom is -0.355 e. The third kappa shape index (κ3) is 5.75. The van der Waals surface area contributed by atoms with Crippen molar-refractivity contribution in [2.24, 2.45) is 11.7 Å². The lowest BCUT2D eigenvalue weighted by Crippen LogP contribution is -2.29. The molecular weight excluding hydrogens is 220 g/mol. The van der Waals surface area contributed by atoms with Gasteiger partial charge in [0.25, 0.3) is 0 Å². The summed E-state index contributed by atoms with van der Waals surface area (Å²) in [5.74, 6) is 2.03. The summed E-state index contributed by atoms with van der Waals surface area (Å²) in [5, 5.41) is 3.69. The molecule has 2 atom stereocenters. The van der Waals surface area contributed by atoms with E-state index in [1.807, 2.05) is 11.8 Å². The number of amides is 1. The Morgan fingerprint density at radius 3 is 3.00 bits per heavy atom. The summed E-state index contributed by atoms with van der Waals surface area (Å²) in [6.07, 6.45) is 5.19. The topological polar surface area (TPSA) is 55.1 Å². The van der Waals surface area contributed by atoms with E-state index in [0.717, 1.165) is 25.9 Å². The molecule has 0 radical (unpaired) electrons. The van der Waals surface area contributed by atoms with Crippen molar-refractivity contribution in [3.05, 3.63) is 0 Å². The Labute approximate surface area is 103 Å². The van der Waals surface area contributed by atoms with Crippen LogP contribution in [0.5, 0.6) is 0 Å². The van der Waals surface area contributed by atoms with Crippen LogP contribution in [0.25, 0.3) is 0 Å². The molecule has 4 heteroatoms. The second kappa shape index (κ2) is 7.96. The number of thioether (sulfide) groups is 1. The van der Waals surface area contributed by atoms with Gasteiger partial charge in [0.15, 0.2) is 0 Å². The Hall–Kier alpha value is -0.220. The Morgan fingerprint density at radius 1 is 1.56 bits per heavy atom. The summed E-state index contributed by atoms with van der Waals surface area (Å²) in [7, 11) is 0. The number of rotatable bonds is 7. The van der Waals surface area contributed by atoms with E-state index in [4.69, 9.17) is 5.73 Å². The van der Waals surface area contributed by atoms with Gasteiger partial charge in [-0.15, -0.1) is 0 Å². The van der Waals surface area contributed by atoms with Gasteiger partial charge in [0.2, 0.25) is 5.91 Å². The van der Waals surface area contributed by atoms with Crippen molar-refractivity contribution < 1.29 is 4.79 Å². The van der Waals surface area contributed by atoms with Crippen molar-refractivity contribution in [1.29, 1.82) is 0 Å². The van der Waals surface area contributed by atoms with Gasteiger partial charge < -0.3 is 11.1 Å². The predicted molar refractivity (Wildman–Crippen MR) is 70.6 cm³/mol. The average molecular weight is 244 g/mol. The molecule has 0 aromatic heterocycles. The van der Waals surface area contributed by atoms with Gasteiger partial charge in [0.05, 0.1) is 0 Å². The van der Waals surface area contributed by atoms with Crippen molar-refractivity contribution in [3.63, 3.8) is 0 Å². The highest BCUT2D eigenvalue weighted by Gasteiger charge is 2.16. The zero-order chi connectivity index (χ0) is 11.8. The van der Waals surface area contributed by atoms with Crippen LogP contribution < -0.4 is 11.1 Å². The fraction of sp³-hybridized carbons (Fsp3) is 0.917. The number of nitrogens with two attached hydrogens (primary N) is 1. The number of hydrogen-bond acceptors (Lipinski definition) is 3. The van der Waals surface area contributed by atoms with E-state index >= 15 is 0 Å². The van der Waals surface area contributed by atoms with Crippen LogP contribution in [0.15, 0.2) is 0 Å². The monoisotopic (exact) mass is 244 g/mol. The van der Waals surface area contributed by atoms with Gasteiger partial charge >= 0.3 is 0 Å². The third-order valence-corrected chi connectivity index (χ3v) is 4.47. The molecule has 1 aliphatic heterocycles. The Balaban J connectivity index is 2.01. The quantitative estimate of drug-likeness (QED) is 0.717. The van der Waals surface area contributed by atoms with Crippen molar-refractivity contribution in [2.75, 3.05) is 18.8 Å². The molecule has 0 bridgehead atoms. The molecule has 1 amide bonds. The second-order valence-electron chi connectivity index (χ2n) is 4.66. The van der Waals surface area contributed by atoms with E-state index in [0.29, 0.717) is 17.6 Å². The van der Waals surface area contributed by atoms with Crippen LogP contribution in [0.3, 0.4) is 0 Å². The highest BCUT2D eigenvalue weighted by molar-refractivity contribution is 8.00. The van der Waals surface area contributed by atoms with E-state index in [9.17, 15) is 4.79 Å². The van der Waals surface area contributed by atoms with E-state index in [-0.39, 0.29) is 5.91 Å². The molecule has 3 N–H and O–H groups in total. The molecule has 0 spiro atoms. The molecule has 0 aliphatic carbocycles. The average Bonchev–Trinajstić information content (AvgIpc) is 2.77. The van der Waals surface area contributed by atoms with E-state index in [1.165, 1.54) is 18.6 Å². The van der Waals surface area contributed by atoms with E-state index in [1.54, 1.807) is 0 Å². The standard InChI is InChI=1S/C12H24N2OS/c1-10(6-7-13)4-5-12(15)14-9-11-3-2-8-16-11/h10-11H,2-9,13H2,1H3,(H,14,15). The summed E-state index contributed by atoms with van der Waals surface area (Å²) in [4.78, 5) is 11.6. The number of carbonyl (C=O) groups is 1. The molecule has 3 nitrogen and oxygen atoms in total. The Morgan fingerprint density at radius 2 is 2.38 bits per heavy atom. The molecule has 1 saturated heterocycles. The van der Waals surface area contributed by atoms with Gasteiger partial charge in [-0.2, -0.15) is 11.8 Å². The third-order valence-electron chi connectivity index (χ3n) is 3.07. The lowest BCUT2D eigenvalue weighted by atomic mass is 10.0. The first-order valence-electron chi connectivity index (χ1n) is 6.30. The van der Waals surface area contributed by atoms with E-state index in [2.05, 4.69) is 12.2 Å². The molecule has 0 aromatic carbocycles. The van der Waals surface area contributed by atoms with Crippen molar-refractivity contribution in [2.45, 2.75) is 44.3 Å². The number of nitrogens with one attached hydrogen (secondary N) is 1. The zero-order valence-electron chi connectivity index (χ0n) is 10.2. The first-order valence-corrected chi connectivity index (χ1v) is 7.35. The summed E-state index contributed by atoms with van der Waals surface area (Å²) in [6.45, 7) is 3.74. The lowest BCUT2D eigenvalue weighted by molar-refractivity contribution is -0.121. The molecule has 1 aliphatic rings. The van der Waals surface area contributed by atoms with Gasteiger partial charge in [0.1, 0.15) is 0 Å². The van der Waals surface area contributed by atoms with Crippen LogP contribution in [-0.4, -0.2) is 30.0 Å². The van der Waals surface area contributed by atoms with Gasteiger partial charge in [-0.25, -0.2) is 0 Å². The van der Waals surface area contributed by atoms with Crippen LogP contribution in [-0.2, 0) is 4.79 Å². The van der Waals surface area contributed by atoms with Crippen LogP contribution in [0.4, 0.5) is 0 Å². The maximum atomic E-state index is 11.6. The van der Waals surface area contributed by atoms with Crippen LogP contribution in [0, 0.1) is 5.92 Å². The highest BCUT2D eigenvalue weighted by Crippen LogP contribution is 2.25. The molecule has 0 aromatic rings. The van der Waals surface area contributed by atoms with Crippen molar-refractivity contribution in [3.8, 4) is 0 Å². The first kappa shape index (κ1) is 13.8. The highest BCUT2D eigenvalue weighted by atomic mass is 32.2. The molecule has 16 heavy (non-hydrogen) atoms. The lowest BCUT2D eigenvalue weighted by Gasteiger charge is -2.12. The molecule has 1 heterocycles. The summed E-state index contributed by atoms with van der Waals surface area (Å²) < 4.78 is 0. The van der Waals surface area contributed by atoms with Gasteiger partial charge in [-0.1, -0.05) is 6.92 Å². The fourth-order valence-electron chi connectivity index (χ4n) is 1.93. The normalized spacial score (nSPS) is 22.0. The van der Waals surface area contributed by atoms with Crippen LogP contribution in [0.1, 0.15) is 39.0 Å². The first-order chi connectivity index (χ1) is 7.72. The molecule has 94 valence electrons. The predicted octanol–water partition coefficient (Wildman–Crippen LogP) is 1.76. The number of hydrogen-bond donors (Lipinski definition) is 2. The maximum absolute atomic E-state index is 11.6. The molecular formula is C12H24N2OS. The molecule has 1 fully saturated rings. The smallest absolute Gasteiger partial charge is 0.220 e. The zero-order valence-corrected chi connectivity index (χ0v) is 11.0. The summed E-state index contributed by atoms with van der Waals surface area (Å²) in [5.41, 5.74) is 5.47. The van der Waals surface area contributed by atoms with Gasteiger partial charge in [-0.05, 0) is 43.9 Å². The molecule has 2 unspecified atom stereocenters. The van der Waals surface area contributed by atoms with E-state index < -0.39 is 0 Å². The van der Waals surface area contributed by atoms with Crippen LogP contribution in [0.2, 0.25) is 0 Å². The van der Waals surface area contributed by atoms with Crippen LogP contribution >= 0.6 is 11.8 Å². The molecule has 1 rings (SSSR count). The minimum absolute atomic E-state index is 0.205. The number of carbonyl (C=O) groups excluding carboxylic acids is 1. The second-order valence-corrected chi connectivity index (χ2v) is 6.07. The maximum Gasteiger partial charge on any atom is 0.220 e. The van der Waals surface area contributed by atoms with Crippen molar-refractivity contribution in [1.82, 2.24) is 5.32 Å². The van der Waals surface area contributed by atoms with Gasteiger partial charge in [0, 0.05) is 18.2 Å². The van der Waals surface area contributed by atoms with Crippen molar-refractivity contribution >= 4 is 17.7 Å².